The van der Waals surface area contributed by atoms with Crippen LogP contribution < -0.4 is 5.32 Å². The lowest BCUT2D eigenvalue weighted by Crippen LogP contribution is -2.45. The molecular formula is C24H32N4O4. The lowest BCUT2D eigenvalue weighted by Gasteiger charge is -2.32. The molecule has 8 nitrogen and oxygen atoms in total. The number of piperidine rings is 1. The molecule has 0 aliphatic carbocycles. The number of likely N-dealkylation sites (tertiary alicyclic amines) is 1. The molecule has 0 aromatic carbocycles. The van der Waals surface area contributed by atoms with Gasteiger partial charge in [0.1, 0.15) is 5.69 Å². The number of nitrogens with zero attached hydrogens (tertiary/aromatic N) is 2. The Hall–Kier alpha value is -3.16. The summed E-state index contributed by atoms with van der Waals surface area (Å²) in [6.45, 7) is 7.41. The second kappa shape index (κ2) is 10.9. The lowest BCUT2D eigenvalue weighted by molar-refractivity contribution is -0.135. The van der Waals surface area contributed by atoms with E-state index in [1.165, 1.54) is 0 Å². The Kier molecular flexibility index (Phi) is 8.03. The molecule has 2 N–H and O–H groups in total. The van der Waals surface area contributed by atoms with Gasteiger partial charge in [-0.15, -0.1) is 0 Å². The molecule has 2 aromatic heterocycles. The molecule has 1 aliphatic rings. The molecule has 0 spiro atoms. The van der Waals surface area contributed by atoms with Gasteiger partial charge in [-0.05, 0) is 62.8 Å². The summed E-state index contributed by atoms with van der Waals surface area (Å²) in [7, 11) is 0. The molecule has 1 aliphatic heterocycles. The van der Waals surface area contributed by atoms with E-state index in [0.29, 0.717) is 44.8 Å². The largest absolute Gasteiger partial charge is 0.461 e. The molecule has 8 heteroatoms. The van der Waals surface area contributed by atoms with E-state index in [1.54, 1.807) is 24.2 Å². The number of hydrogen-bond donors (Lipinski definition) is 2. The molecule has 0 bridgehead atoms. The summed E-state index contributed by atoms with van der Waals surface area (Å²) in [4.78, 5) is 46.5. The van der Waals surface area contributed by atoms with Crippen LogP contribution in [0.1, 0.15) is 59.1 Å². The van der Waals surface area contributed by atoms with Gasteiger partial charge in [0.15, 0.2) is 0 Å². The Bertz CT molecular complexity index is 954. The number of H-pyrrole nitrogens is 1. The first kappa shape index (κ1) is 23.5. The molecular weight excluding hydrogens is 408 g/mol. The zero-order chi connectivity index (χ0) is 23.1. The Balaban J connectivity index is 1.53. The van der Waals surface area contributed by atoms with Crippen molar-refractivity contribution in [3.8, 4) is 0 Å². The highest BCUT2D eigenvalue weighted by atomic mass is 16.5. The Morgan fingerprint density at radius 2 is 2.12 bits per heavy atom. The van der Waals surface area contributed by atoms with E-state index in [1.807, 2.05) is 26.0 Å². The van der Waals surface area contributed by atoms with Gasteiger partial charge >= 0.3 is 5.97 Å². The van der Waals surface area contributed by atoms with Gasteiger partial charge in [-0.25, -0.2) is 4.79 Å². The first-order chi connectivity index (χ1) is 15.4. The van der Waals surface area contributed by atoms with E-state index in [9.17, 15) is 14.4 Å². The summed E-state index contributed by atoms with van der Waals surface area (Å²) >= 11 is 0. The van der Waals surface area contributed by atoms with Gasteiger partial charge in [0.25, 0.3) is 0 Å². The molecule has 1 fully saturated rings. The number of carbonyl (C=O) groups excluding carboxylic acids is 3. The number of rotatable bonds is 8. The average Bonchev–Trinajstić information content (AvgIpc) is 3.10. The topological polar surface area (TPSA) is 104 Å². The second-order valence-electron chi connectivity index (χ2n) is 8.21. The number of aromatic amines is 1. The number of esters is 1. The first-order valence-electron chi connectivity index (χ1n) is 11.2. The van der Waals surface area contributed by atoms with Crippen molar-refractivity contribution in [3.63, 3.8) is 0 Å². The fraction of sp³-hybridized carbons (Fsp3) is 0.500. The highest BCUT2D eigenvalue weighted by Gasteiger charge is 2.28. The third kappa shape index (κ3) is 5.75. The van der Waals surface area contributed by atoms with E-state index in [4.69, 9.17) is 4.74 Å². The zero-order valence-electron chi connectivity index (χ0n) is 19.1. The predicted molar refractivity (Wildman–Crippen MR) is 120 cm³/mol. The van der Waals surface area contributed by atoms with E-state index in [0.717, 1.165) is 35.2 Å². The van der Waals surface area contributed by atoms with Crippen LogP contribution in [0.2, 0.25) is 0 Å². The fourth-order valence-electron chi connectivity index (χ4n) is 4.22. The minimum absolute atomic E-state index is 0.0252. The summed E-state index contributed by atoms with van der Waals surface area (Å²) in [5, 5.41) is 2.96. The summed E-state index contributed by atoms with van der Waals surface area (Å²) in [6, 6.07) is 3.76. The predicted octanol–water partition coefficient (Wildman–Crippen LogP) is 2.69. The maximum atomic E-state index is 12.9. The van der Waals surface area contributed by atoms with Crippen LogP contribution in [0, 0.1) is 19.8 Å². The molecule has 2 amide bonds. The fourth-order valence-corrected chi connectivity index (χ4v) is 4.22. The average molecular weight is 441 g/mol. The van der Waals surface area contributed by atoms with Crippen LogP contribution in [0.25, 0.3) is 0 Å². The highest BCUT2D eigenvalue weighted by molar-refractivity contribution is 5.90. The third-order valence-electron chi connectivity index (χ3n) is 6.00. The third-order valence-corrected chi connectivity index (χ3v) is 6.00. The van der Waals surface area contributed by atoms with E-state index in [-0.39, 0.29) is 23.7 Å². The van der Waals surface area contributed by atoms with Crippen LogP contribution in [0.15, 0.2) is 24.5 Å². The standard InChI is InChI=1S/C24H32N4O4/c1-4-32-24(31)22-16(2)20(17(3)27-22)9-10-21(29)28-12-6-8-19(15-28)23(30)26-14-18-7-5-11-25-13-18/h5,7,11,13,19,27H,4,6,8-10,12,14-15H2,1-3H3,(H,26,30)/t19-/m1/s1. The van der Waals surface area contributed by atoms with Crippen molar-refractivity contribution in [3.05, 3.63) is 52.6 Å². The maximum Gasteiger partial charge on any atom is 0.355 e. The number of hydrogen-bond acceptors (Lipinski definition) is 5. The smallest absolute Gasteiger partial charge is 0.355 e. The van der Waals surface area contributed by atoms with Crippen molar-refractivity contribution in [2.75, 3.05) is 19.7 Å². The molecule has 0 saturated carbocycles. The van der Waals surface area contributed by atoms with E-state index >= 15 is 0 Å². The first-order valence-corrected chi connectivity index (χ1v) is 11.2. The Labute approximate surface area is 188 Å². The summed E-state index contributed by atoms with van der Waals surface area (Å²) in [5.74, 6) is -0.562. The minimum atomic E-state index is -0.373. The molecule has 2 aromatic rings. The van der Waals surface area contributed by atoms with Crippen LogP contribution in [0.4, 0.5) is 0 Å². The summed E-state index contributed by atoms with van der Waals surface area (Å²) < 4.78 is 5.09. The van der Waals surface area contributed by atoms with Gasteiger partial charge in [-0.1, -0.05) is 6.07 Å². The quantitative estimate of drug-likeness (QED) is 0.614. The van der Waals surface area contributed by atoms with Crippen molar-refractivity contribution in [2.45, 2.75) is 53.0 Å². The van der Waals surface area contributed by atoms with Crippen LogP contribution in [-0.4, -0.2) is 52.3 Å². The van der Waals surface area contributed by atoms with Gasteiger partial charge in [-0.3, -0.25) is 14.6 Å². The Morgan fingerprint density at radius 1 is 1.31 bits per heavy atom. The maximum absolute atomic E-state index is 12.9. The van der Waals surface area contributed by atoms with E-state index in [2.05, 4.69) is 15.3 Å². The second-order valence-corrected chi connectivity index (χ2v) is 8.21. The number of nitrogens with one attached hydrogen (secondary N) is 2. The SMILES string of the molecule is CCOC(=O)c1[nH]c(C)c(CCC(=O)N2CCC[C@@H](C(=O)NCc3cccnc3)C2)c1C. The van der Waals surface area contributed by atoms with Crippen LogP contribution in [0.5, 0.6) is 0 Å². The van der Waals surface area contributed by atoms with E-state index < -0.39 is 0 Å². The van der Waals surface area contributed by atoms with Gasteiger partial charge in [0.05, 0.1) is 12.5 Å². The van der Waals surface area contributed by atoms with Gasteiger partial charge in [0.2, 0.25) is 11.8 Å². The Morgan fingerprint density at radius 3 is 2.84 bits per heavy atom. The number of amides is 2. The normalized spacial score (nSPS) is 16.0. The zero-order valence-corrected chi connectivity index (χ0v) is 19.1. The molecule has 1 atom stereocenters. The summed E-state index contributed by atoms with van der Waals surface area (Å²) in [6.07, 6.45) is 5.90. The van der Waals surface area contributed by atoms with Crippen molar-refractivity contribution in [1.29, 1.82) is 0 Å². The van der Waals surface area contributed by atoms with Gasteiger partial charge < -0.3 is 19.9 Å². The van der Waals surface area contributed by atoms with Gasteiger partial charge in [0, 0.05) is 44.1 Å². The number of aromatic nitrogens is 2. The van der Waals surface area contributed by atoms with Crippen molar-refractivity contribution in [2.24, 2.45) is 5.92 Å². The number of aryl methyl sites for hydroxylation is 1. The number of ether oxygens (including phenoxy) is 1. The van der Waals surface area contributed by atoms with Crippen molar-refractivity contribution in [1.82, 2.24) is 20.2 Å². The molecule has 3 rings (SSSR count). The molecule has 3 heterocycles. The summed E-state index contributed by atoms with van der Waals surface area (Å²) in [5.41, 5.74) is 4.09. The molecule has 0 radical (unpaired) electrons. The monoisotopic (exact) mass is 440 g/mol. The number of pyridine rings is 1. The van der Waals surface area contributed by atoms with Crippen LogP contribution >= 0.6 is 0 Å². The molecule has 32 heavy (non-hydrogen) atoms. The lowest BCUT2D eigenvalue weighted by atomic mass is 9.96. The molecule has 0 unspecified atom stereocenters. The molecule has 172 valence electrons. The number of carbonyl (C=O) groups is 3. The highest BCUT2D eigenvalue weighted by Crippen LogP contribution is 2.22. The van der Waals surface area contributed by atoms with Crippen LogP contribution in [0.3, 0.4) is 0 Å². The van der Waals surface area contributed by atoms with Gasteiger partial charge in [-0.2, -0.15) is 0 Å². The van der Waals surface area contributed by atoms with Crippen molar-refractivity contribution < 1.29 is 19.1 Å². The van der Waals surface area contributed by atoms with Crippen LogP contribution in [-0.2, 0) is 27.3 Å². The molecule has 1 saturated heterocycles. The minimum Gasteiger partial charge on any atom is -0.461 e. The van der Waals surface area contributed by atoms with Crippen molar-refractivity contribution >= 4 is 17.8 Å².